The van der Waals surface area contributed by atoms with E-state index in [4.69, 9.17) is 4.84 Å². The van der Waals surface area contributed by atoms with Gasteiger partial charge in [-0.15, -0.1) is 0 Å². The summed E-state index contributed by atoms with van der Waals surface area (Å²) in [6.07, 6.45) is 4.80. The summed E-state index contributed by atoms with van der Waals surface area (Å²) in [5.74, 6) is -0.484. The number of aromatic nitrogens is 2. The lowest BCUT2D eigenvalue weighted by atomic mass is 10.2. The molecule has 2 N–H and O–H groups in total. The molecule has 0 spiro atoms. The van der Waals surface area contributed by atoms with Crippen LogP contribution in [0.2, 0.25) is 0 Å². The van der Waals surface area contributed by atoms with Crippen molar-refractivity contribution >= 4 is 17.6 Å². The Kier molecular flexibility index (Phi) is 6.32. The molecule has 0 saturated carbocycles. The van der Waals surface area contributed by atoms with Crippen LogP contribution in [0.4, 0.5) is 10.5 Å². The van der Waals surface area contributed by atoms with Gasteiger partial charge in [-0.1, -0.05) is 36.4 Å². The van der Waals surface area contributed by atoms with Crippen molar-refractivity contribution in [3.8, 4) is 0 Å². The molecular formula is C20H20N4O3. The van der Waals surface area contributed by atoms with Gasteiger partial charge in [0.25, 0.3) is 5.91 Å². The average Bonchev–Trinajstić information content (AvgIpc) is 3.22. The number of anilines is 1. The molecule has 0 saturated heterocycles. The minimum Gasteiger partial charge on any atom is -0.348 e. The fraction of sp³-hybridized carbons (Fsp3) is 0.150. The zero-order valence-electron chi connectivity index (χ0n) is 14.7. The van der Waals surface area contributed by atoms with Gasteiger partial charge in [0.05, 0.1) is 18.6 Å². The van der Waals surface area contributed by atoms with Crippen LogP contribution < -0.4 is 10.4 Å². The number of hydrogen-bond donors (Lipinski definition) is 2. The Bertz CT molecular complexity index is 851. The van der Waals surface area contributed by atoms with E-state index in [0.29, 0.717) is 24.3 Å². The van der Waals surface area contributed by atoms with Crippen LogP contribution in [0.5, 0.6) is 0 Å². The van der Waals surface area contributed by atoms with Crippen molar-refractivity contribution < 1.29 is 14.4 Å². The normalized spacial score (nSPS) is 10.4. The van der Waals surface area contributed by atoms with E-state index in [1.54, 1.807) is 67.1 Å². The molecule has 1 aromatic heterocycles. The molecule has 0 radical (unpaired) electrons. The van der Waals surface area contributed by atoms with E-state index in [9.17, 15) is 9.59 Å². The molecule has 27 heavy (non-hydrogen) atoms. The highest BCUT2D eigenvalue weighted by atomic mass is 16.7. The third-order valence-electron chi connectivity index (χ3n) is 3.80. The Hall–Kier alpha value is -3.45. The highest BCUT2D eigenvalue weighted by Gasteiger charge is 2.20. The fourth-order valence-corrected chi connectivity index (χ4v) is 2.46. The predicted octanol–water partition coefficient (Wildman–Crippen LogP) is 3.33. The van der Waals surface area contributed by atoms with Crippen LogP contribution in [0, 0.1) is 0 Å². The number of carbonyl (C=O) groups excluding carboxylic acids is 2. The number of hydroxylamine groups is 1. The Balaban J connectivity index is 1.62. The number of H-pyrrole nitrogens is 1. The topological polar surface area (TPSA) is 87.3 Å². The van der Waals surface area contributed by atoms with Crippen LogP contribution in [0.25, 0.3) is 0 Å². The first-order valence-corrected chi connectivity index (χ1v) is 8.60. The summed E-state index contributed by atoms with van der Waals surface area (Å²) < 4.78 is 0. The zero-order chi connectivity index (χ0) is 18.9. The second-order valence-electron chi connectivity index (χ2n) is 5.77. The lowest BCUT2D eigenvalue weighted by Crippen LogP contribution is -2.43. The molecule has 0 aliphatic carbocycles. The molecule has 3 amide bonds. The summed E-state index contributed by atoms with van der Waals surface area (Å²) in [5, 5.41) is 3.46. The van der Waals surface area contributed by atoms with Gasteiger partial charge in [-0.25, -0.2) is 9.78 Å². The van der Waals surface area contributed by atoms with Gasteiger partial charge in [0.1, 0.15) is 0 Å². The molecular weight excluding hydrogens is 344 g/mol. The maximum atomic E-state index is 12.6. The highest BCUT2D eigenvalue weighted by molar-refractivity contribution is 6.08. The van der Waals surface area contributed by atoms with Crippen molar-refractivity contribution in [2.75, 3.05) is 11.7 Å². The number of para-hydroxylation sites is 1. The van der Waals surface area contributed by atoms with Crippen molar-refractivity contribution in [1.29, 1.82) is 0 Å². The lowest BCUT2D eigenvalue weighted by Gasteiger charge is -2.21. The SMILES string of the molecule is O=C(NC(=O)N(OCCCc1cnc[nH]1)c1ccccc1)c1ccccc1. The first-order chi connectivity index (χ1) is 13.2. The largest absolute Gasteiger partial charge is 0.353 e. The van der Waals surface area contributed by atoms with Gasteiger partial charge in [0, 0.05) is 17.5 Å². The number of rotatable bonds is 7. The fourth-order valence-electron chi connectivity index (χ4n) is 2.46. The number of benzene rings is 2. The first kappa shape index (κ1) is 18.3. The van der Waals surface area contributed by atoms with E-state index >= 15 is 0 Å². The molecule has 1 heterocycles. The molecule has 0 fully saturated rings. The van der Waals surface area contributed by atoms with Gasteiger partial charge in [-0.05, 0) is 37.1 Å². The minimum atomic E-state index is -0.642. The van der Waals surface area contributed by atoms with Crippen molar-refractivity contribution in [2.45, 2.75) is 12.8 Å². The molecule has 138 valence electrons. The number of nitrogens with zero attached hydrogens (tertiary/aromatic N) is 2. The molecule has 0 aliphatic heterocycles. The summed E-state index contributed by atoms with van der Waals surface area (Å²) in [5.41, 5.74) is 1.93. The Morgan fingerprint density at radius 2 is 1.74 bits per heavy atom. The summed E-state index contributed by atoms with van der Waals surface area (Å²) in [6, 6.07) is 16.8. The van der Waals surface area contributed by atoms with Crippen LogP contribution in [-0.2, 0) is 11.3 Å². The van der Waals surface area contributed by atoms with E-state index in [-0.39, 0.29) is 0 Å². The second kappa shape index (κ2) is 9.30. The Morgan fingerprint density at radius 3 is 2.41 bits per heavy atom. The molecule has 3 aromatic rings. The van der Waals surface area contributed by atoms with Crippen molar-refractivity contribution in [3.63, 3.8) is 0 Å². The van der Waals surface area contributed by atoms with Crippen LogP contribution in [0.3, 0.4) is 0 Å². The monoisotopic (exact) mass is 364 g/mol. The third-order valence-corrected chi connectivity index (χ3v) is 3.80. The molecule has 0 aliphatic rings. The number of nitrogens with one attached hydrogen (secondary N) is 2. The molecule has 7 heteroatoms. The maximum absolute atomic E-state index is 12.6. The van der Waals surface area contributed by atoms with Crippen molar-refractivity contribution in [3.05, 3.63) is 84.4 Å². The predicted molar refractivity (Wildman–Crippen MR) is 101 cm³/mol. The van der Waals surface area contributed by atoms with E-state index in [2.05, 4.69) is 15.3 Å². The first-order valence-electron chi connectivity index (χ1n) is 8.60. The number of amides is 3. The van der Waals surface area contributed by atoms with Gasteiger partial charge >= 0.3 is 6.03 Å². The van der Waals surface area contributed by atoms with Crippen LogP contribution >= 0.6 is 0 Å². The van der Waals surface area contributed by atoms with E-state index in [0.717, 1.165) is 17.2 Å². The van der Waals surface area contributed by atoms with Crippen LogP contribution in [0.15, 0.2) is 73.2 Å². The summed E-state index contributed by atoms with van der Waals surface area (Å²) in [4.78, 5) is 37.5. The summed E-state index contributed by atoms with van der Waals surface area (Å²) >= 11 is 0. The van der Waals surface area contributed by atoms with Gasteiger partial charge in [0.15, 0.2) is 0 Å². The highest BCUT2D eigenvalue weighted by Crippen LogP contribution is 2.15. The number of hydrogen-bond acceptors (Lipinski definition) is 4. The van der Waals surface area contributed by atoms with Crippen molar-refractivity contribution in [2.24, 2.45) is 0 Å². The number of aromatic amines is 1. The molecule has 7 nitrogen and oxygen atoms in total. The quantitative estimate of drug-likeness (QED) is 0.497. The molecule has 0 atom stereocenters. The second-order valence-corrected chi connectivity index (χ2v) is 5.77. The summed E-state index contributed by atoms with van der Waals surface area (Å²) in [6.45, 7) is 0.306. The minimum absolute atomic E-state index is 0.306. The van der Waals surface area contributed by atoms with Crippen LogP contribution in [-0.4, -0.2) is 28.5 Å². The molecule has 2 aromatic carbocycles. The van der Waals surface area contributed by atoms with Crippen molar-refractivity contribution in [1.82, 2.24) is 15.3 Å². The van der Waals surface area contributed by atoms with E-state index in [1.165, 1.54) is 0 Å². The Labute approximate surface area is 156 Å². The maximum Gasteiger partial charge on any atom is 0.353 e. The average molecular weight is 364 g/mol. The van der Waals surface area contributed by atoms with Gasteiger partial charge in [-0.2, -0.15) is 5.06 Å². The lowest BCUT2D eigenvalue weighted by molar-refractivity contribution is 0.0920. The number of aryl methyl sites for hydroxylation is 1. The number of urea groups is 1. The van der Waals surface area contributed by atoms with Gasteiger partial charge < -0.3 is 4.98 Å². The smallest absolute Gasteiger partial charge is 0.348 e. The zero-order valence-corrected chi connectivity index (χ0v) is 14.7. The molecule has 0 unspecified atom stereocenters. The third kappa shape index (κ3) is 5.26. The van der Waals surface area contributed by atoms with Gasteiger partial charge in [0.2, 0.25) is 0 Å². The summed E-state index contributed by atoms with van der Waals surface area (Å²) in [7, 11) is 0. The van der Waals surface area contributed by atoms with Crippen LogP contribution in [0.1, 0.15) is 22.5 Å². The molecule has 3 rings (SSSR count). The number of imidazole rings is 1. The van der Waals surface area contributed by atoms with Gasteiger partial charge in [-0.3, -0.25) is 14.9 Å². The van der Waals surface area contributed by atoms with E-state index < -0.39 is 11.9 Å². The standard InChI is InChI=1S/C20H20N4O3/c25-19(16-8-3-1-4-9-16)23-20(26)24(18-11-5-2-6-12-18)27-13-7-10-17-14-21-15-22-17/h1-6,8-9,11-12,14-15H,7,10,13H2,(H,21,22)(H,23,25,26). The molecule has 0 bridgehead atoms. The number of carbonyl (C=O) groups is 2. The number of imide groups is 1. The Morgan fingerprint density at radius 1 is 1.04 bits per heavy atom. The van der Waals surface area contributed by atoms with E-state index in [1.807, 2.05) is 6.07 Å².